The highest BCUT2D eigenvalue weighted by Gasteiger charge is 2.14. The third-order valence-electron chi connectivity index (χ3n) is 3.29. The maximum atomic E-state index is 13.0. The molecule has 0 aliphatic heterocycles. The van der Waals surface area contributed by atoms with Gasteiger partial charge >= 0.3 is 0 Å². The topological polar surface area (TPSA) is 24.9 Å². The fraction of sp³-hybridized carbons (Fsp3) is 0.462. The number of hydrogen-bond acceptors (Lipinski definition) is 3. The van der Waals surface area contributed by atoms with Crippen LogP contribution < -0.4 is 5.32 Å². The summed E-state index contributed by atoms with van der Waals surface area (Å²) in [5.41, 5.74) is 0.776. The molecule has 1 fully saturated rings. The van der Waals surface area contributed by atoms with E-state index in [1.165, 1.54) is 37.8 Å². The van der Waals surface area contributed by atoms with Gasteiger partial charge in [-0.3, -0.25) is 0 Å². The molecular formula is C13H15FN2S. The molecule has 0 amide bonds. The van der Waals surface area contributed by atoms with E-state index in [-0.39, 0.29) is 5.82 Å². The van der Waals surface area contributed by atoms with E-state index < -0.39 is 0 Å². The Kier molecular flexibility index (Phi) is 3.07. The van der Waals surface area contributed by atoms with Crippen LogP contribution in [0.3, 0.4) is 0 Å². The fourth-order valence-corrected chi connectivity index (χ4v) is 3.28. The second kappa shape index (κ2) is 4.70. The summed E-state index contributed by atoms with van der Waals surface area (Å²) in [7, 11) is 0. The van der Waals surface area contributed by atoms with Crippen LogP contribution >= 0.6 is 11.3 Å². The number of halogens is 1. The molecule has 0 spiro atoms. The van der Waals surface area contributed by atoms with E-state index >= 15 is 0 Å². The van der Waals surface area contributed by atoms with E-state index in [0.717, 1.165) is 21.8 Å². The summed E-state index contributed by atoms with van der Waals surface area (Å²) in [5.74, 6) is -0.210. The van der Waals surface area contributed by atoms with Crippen molar-refractivity contribution >= 4 is 21.6 Å². The van der Waals surface area contributed by atoms with Gasteiger partial charge in [0.2, 0.25) is 0 Å². The molecule has 0 unspecified atom stereocenters. The monoisotopic (exact) mass is 250 g/mol. The van der Waals surface area contributed by atoms with Crippen molar-refractivity contribution in [2.45, 2.75) is 38.3 Å². The average molecular weight is 250 g/mol. The SMILES string of the molecule is Fc1ccc2sc(CNC3CCCC3)nc2c1. The van der Waals surface area contributed by atoms with Crippen LogP contribution in [-0.2, 0) is 6.54 Å². The van der Waals surface area contributed by atoms with Gasteiger partial charge in [-0.05, 0) is 25.0 Å². The summed E-state index contributed by atoms with van der Waals surface area (Å²) in [4.78, 5) is 4.45. The predicted molar refractivity (Wildman–Crippen MR) is 68.7 cm³/mol. The molecule has 0 atom stereocenters. The lowest BCUT2D eigenvalue weighted by Crippen LogP contribution is -2.25. The summed E-state index contributed by atoms with van der Waals surface area (Å²) in [5, 5.41) is 4.58. The van der Waals surface area contributed by atoms with E-state index in [2.05, 4.69) is 10.3 Å². The fourth-order valence-electron chi connectivity index (χ4n) is 2.39. The number of nitrogens with zero attached hydrogens (tertiary/aromatic N) is 1. The zero-order valence-electron chi connectivity index (χ0n) is 9.58. The van der Waals surface area contributed by atoms with Crippen LogP contribution in [0.15, 0.2) is 18.2 Å². The van der Waals surface area contributed by atoms with Crippen molar-refractivity contribution in [3.8, 4) is 0 Å². The van der Waals surface area contributed by atoms with Crippen molar-refractivity contribution in [3.05, 3.63) is 29.0 Å². The lowest BCUT2D eigenvalue weighted by atomic mass is 10.2. The van der Waals surface area contributed by atoms with Crippen molar-refractivity contribution in [3.63, 3.8) is 0 Å². The molecule has 2 nitrogen and oxygen atoms in total. The van der Waals surface area contributed by atoms with E-state index in [1.807, 2.05) is 0 Å². The van der Waals surface area contributed by atoms with Gasteiger partial charge in [-0.1, -0.05) is 12.8 Å². The Hall–Kier alpha value is -1.00. The van der Waals surface area contributed by atoms with Gasteiger partial charge in [0, 0.05) is 18.7 Å². The summed E-state index contributed by atoms with van der Waals surface area (Å²) in [6.07, 6.45) is 5.23. The molecule has 1 aromatic heterocycles. The molecule has 90 valence electrons. The van der Waals surface area contributed by atoms with Crippen molar-refractivity contribution in [2.24, 2.45) is 0 Å². The zero-order valence-corrected chi connectivity index (χ0v) is 10.4. The van der Waals surface area contributed by atoms with Gasteiger partial charge in [-0.15, -0.1) is 11.3 Å². The Morgan fingerprint density at radius 2 is 2.18 bits per heavy atom. The normalized spacial score (nSPS) is 17.0. The first-order chi connectivity index (χ1) is 8.31. The number of nitrogens with one attached hydrogen (secondary N) is 1. The minimum Gasteiger partial charge on any atom is -0.308 e. The van der Waals surface area contributed by atoms with Crippen LogP contribution in [0, 0.1) is 5.82 Å². The highest BCUT2D eigenvalue weighted by atomic mass is 32.1. The second-order valence-corrected chi connectivity index (χ2v) is 5.70. The van der Waals surface area contributed by atoms with Crippen LogP contribution in [0.1, 0.15) is 30.7 Å². The summed E-state index contributed by atoms with van der Waals surface area (Å²) in [6.45, 7) is 0.811. The van der Waals surface area contributed by atoms with E-state index in [4.69, 9.17) is 0 Å². The molecular weight excluding hydrogens is 235 g/mol. The van der Waals surface area contributed by atoms with Crippen molar-refractivity contribution in [1.82, 2.24) is 10.3 Å². The Morgan fingerprint density at radius 3 is 3.00 bits per heavy atom. The van der Waals surface area contributed by atoms with Gasteiger partial charge in [0.1, 0.15) is 10.8 Å². The van der Waals surface area contributed by atoms with Gasteiger partial charge in [0.15, 0.2) is 0 Å². The number of fused-ring (bicyclic) bond motifs is 1. The molecule has 2 aromatic rings. The molecule has 1 aliphatic carbocycles. The maximum Gasteiger partial charge on any atom is 0.125 e. The smallest absolute Gasteiger partial charge is 0.125 e. The molecule has 0 saturated heterocycles. The minimum absolute atomic E-state index is 0.210. The molecule has 0 bridgehead atoms. The van der Waals surface area contributed by atoms with Crippen LogP contribution in [0.5, 0.6) is 0 Å². The summed E-state index contributed by atoms with van der Waals surface area (Å²) in [6, 6.07) is 5.46. The lowest BCUT2D eigenvalue weighted by Gasteiger charge is -2.09. The summed E-state index contributed by atoms with van der Waals surface area (Å²) >= 11 is 1.65. The van der Waals surface area contributed by atoms with Crippen molar-refractivity contribution < 1.29 is 4.39 Å². The van der Waals surface area contributed by atoms with Gasteiger partial charge in [0.25, 0.3) is 0 Å². The van der Waals surface area contributed by atoms with Crippen LogP contribution in [-0.4, -0.2) is 11.0 Å². The van der Waals surface area contributed by atoms with Crippen molar-refractivity contribution in [1.29, 1.82) is 0 Å². The lowest BCUT2D eigenvalue weighted by molar-refractivity contribution is 0.523. The summed E-state index contributed by atoms with van der Waals surface area (Å²) < 4.78 is 14.1. The molecule has 0 radical (unpaired) electrons. The molecule has 4 heteroatoms. The van der Waals surface area contributed by atoms with Crippen LogP contribution in [0.2, 0.25) is 0 Å². The molecule has 3 rings (SSSR count). The van der Waals surface area contributed by atoms with E-state index in [0.29, 0.717) is 6.04 Å². The predicted octanol–water partition coefficient (Wildman–Crippen LogP) is 3.47. The highest BCUT2D eigenvalue weighted by Crippen LogP contribution is 2.23. The number of aromatic nitrogens is 1. The molecule has 1 aliphatic rings. The molecule has 1 heterocycles. The average Bonchev–Trinajstić information content (AvgIpc) is 2.94. The quantitative estimate of drug-likeness (QED) is 0.902. The first kappa shape index (κ1) is 11.1. The van der Waals surface area contributed by atoms with Crippen LogP contribution in [0.4, 0.5) is 4.39 Å². The number of rotatable bonds is 3. The standard InChI is InChI=1S/C13H15FN2S/c14-9-5-6-12-11(7-9)16-13(17-12)8-15-10-3-1-2-4-10/h5-7,10,15H,1-4,8H2. The first-order valence-corrected chi connectivity index (χ1v) is 6.91. The minimum atomic E-state index is -0.210. The Morgan fingerprint density at radius 1 is 1.35 bits per heavy atom. The van der Waals surface area contributed by atoms with Crippen LogP contribution in [0.25, 0.3) is 10.2 Å². The third-order valence-corrected chi connectivity index (χ3v) is 4.33. The second-order valence-electron chi connectivity index (χ2n) is 4.58. The Balaban J connectivity index is 1.72. The van der Waals surface area contributed by atoms with Gasteiger partial charge in [0.05, 0.1) is 10.2 Å². The van der Waals surface area contributed by atoms with E-state index in [9.17, 15) is 4.39 Å². The molecule has 1 saturated carbocycles. The zero-order chi connectivity index (χ0) is 11.7. The number of benzene rings is 1. The maximum absolute atomic E-state index is 13.0. The van der Waals surface area contributed by atoms with Gasteiger partial charge in [-0.25, -0.2) is 9.37 Å². The largest absolute Gasteiger partial charge is 0.308 e. The Labute approximate surface area is 104 Å². The van der Waals surface area contributed by atoms with Crippen molar-refractivity contribution in [2.75, 3.05) is 0 Å². The van der Waals surface area contributed by atoms with Gasteiger partial charge in [-0.2, -0.15) is 0 Å². The molecule has 1 N–H and O–H groups in total. The highest BCUT2D eigenvalue weighted by molar-refractivity contribution is 7.18. The molecule has 1 aromatic carbocycles. The Bertz CT molecular complexity index is 517. The van der Waals surface area contributed by atoms with Gasteiger partial charge < -0.3 is 5.32 Å². The molecule has 17 heavy (non-hydrogen) atoms. The van der Waals surface area contributed by atoms with E-state index in [1.54, 1.807) is 17.4 Å². The number of hydrogen-bond donors (Lipinski definition) is 1. The third kappa shape index (κ3) is 2.48. The first-order valence-electron chi connectivity index (χ1n) is 6.09. The number of thiazole rings is 1.